The molecule has 1 amide bonds. The zero-order chi connectivity index (χ0) is 21.8. The van der Waals surface area contributed by atoms with Gasteiger partial charge in [-0.25, -0.2) is 14.8 Å². The fraction of sp³-hybridized carbons (Fsp3) is 0.182. The molecule has 2 aromatic heterocycles. The molecule has 0 spiro atoms. The summed E-state index contributed by atoms with van der Waals surface area (Å²) < 4.78 is 10.8. The van der Waals surface area contributed by atoms with Crippen molar-refractivity contribution in [3.63, 3.8) is 0 Å². The summed E-state index contributed by atoms with van der Waals surface area (Å²) in [5.74, 6) is -0.313. The third-order valence-electron chi connectivity index (χ3n) is 4.69. The van der Waals surface area contributed by atoms with Crippen molar-refractivity contribution in [2.45, 2.75) is 19.4 Å². The van der Waals surface area contributed by atoms with E-state index in [-0.39, 0.29) is 0 Å². The Morgan fingerprint density at radius 2 is 2.06 bits per heavy atom. The fourth-order valence-corrected chi connectivity index (χ4v) is 3.79. The number of fused-ring (bicyclic) bond motifs is 1. The van der Waals surface area contributed by atoms with Crippen LogP contribution >= 0.6 is 11.3 Å². The quantitative estimate of drug-likeness (QED) is 0.419. The van der Waals surface area contributed by atoms with Crippen LogP contribution in [-0.4, -0.2) is 40.0 Å². The molecule has 2 N–H and O–H groups in total. The number of hydrogen-bond donors (Lipinski definition) is 2. The number of nitrogens with zero attached hydrogens (tertiary/aromatic N) is 2. The number of thiazole rings is 1. The van der Waals surface area contributed by atoms with Crippen molar-refractivity contribution in [1.82, 2.24) is 15.0 Å². The number of benzene rings is 2. The number of para-hydroxylation sites is 1. The normalized spacial score (nSPS) is 11.8. The summed E-state index contributed by atoms with van der Waals surface area (Å²) in [6.07, 6.45) is 0.938. The zero-order valence-electron chi connectivity index (χ0n) is 16.9. The van der Waals surface area contributed by atoms with Gasteiger partial charge < -0.3 is 14.5 Å². The molecule has 158 valence electrons. The number of amides is 1. The molecule has 0 aliphatic heterocycles. The van der Waals surface area contributed by atoms with E-state index in [1.165, 1.54) is 11.3 Å². The molecule has 0 fully saturated rings. The molecular formula is C22H20N4O4S. The van der Waals surface area contributed by atoms with Gasteiger partial charge in [0.2, 0.25) is 0 Å². The van der Waals surface area contributed by atoms with Gasteiger partial charge >= 0.3 is 5.97 Å². The molecule has 4 rings (SSSR count). The van der Waals surface area contributed by atoms with Crippen molar-refractivity contribution in [2.24, 2.45) is 0 Å². The molecule has 1 unspecified atom stereocenters. The minimum absolute atomic E-state index is 0.328. The average Bonchev–Trinajstić information content (AvgIpc) is 3.46. The molecule has 8 nitrogen and oxygen atoms in total. The Labute approximate surface area is 182 Å². The minimum atomic E-state index is -0.941. The van der Waals surface area contributed by atoms with Crippen LogP contribution in [0.1, 0.15) is 23.7 Å². The lowest BCUT2D eigenvalue weighted by Gasteiger charge is -2.15. The van der Waals surface area contributed by atoms with Crippen LogP contribution in [0.25, 0.3) is 22.3 Å². The second-order valence-electron chi connectivity index (χ2n) is 6.66. The van der Waals surface area contributed by atoms with E-state index in [1.54, 1.807) is 38.6 Å². The smallest absolute Gasteiger partial charge is 0.338 e. The van der Waals surface area contributed by atoms with Gasteiger partial charge in [-0.1, -0.05) is 19.1 Å². The largest absolute Gasteiger partial charge is 0.496 e. The predicted octanol–water partition coefficient (Wildman–Crippen LogP) is 4.27. The number of aromatic amines is 1. The third kappa shape index (κ3) is 4.41. The van der Waals surface area contributed by atoms with Gasteiger partial charge in [0, 0.05) is 10.9 Å². The van der Waals surface area contributed by atoms with Crippen LogP contribution in [0.5, 0.6) is 5.75 Å². The number of esters is 1. The molecule has 0 aliphatic carbocycles. The van der Waals surface area contributed by atoms with Gasteiger partial charge in [-0.2, -0.15) is 0 Å². The number of nitrogens with one attached hydrogen (secondary N) is 2. The maximum Gasteiger partial charge on any atom is 0.338 e. The molecule has 31 heavy (non-hydrogen) atoms. The Bertz CT molecular complexity index is 1230. The van der Waals surface area contributed by atoms with E-state index in [0.717, 1.165) is 16.6 Å². The SMILES string of the molecule is CCC(OC(=O)c1ccc2nc[nH]c2c1)C(=O)Nc1nc(-c2ccccc2OC)cs1. The van der Waals surface area contributed by atoms with Gasteiger partial charge in [-0.15, -0.1) is 11.3 Å². The van der Waals surface area contributed by atoms with Crippen molar-refractivity contribution < 1.29 is 19.1 Å². The highest BCUT2D eigenvalue weighted by Crippen LogP contribution is 2.32. The summed E-state index contributed by atoms with van der Waals surface area (Å²) in [4.78, 5) is 36.8. The fourth-order valence-electron chi connectivity index (χ4n) is 3.08. The van der Waals surface area contributed by atoms with Crippen LogP contribution in [0.2, 0.25) is 0 Å². The highest BCUT2D eigenvalue weighted by molar-refractivity contribution is 7.14. The summed E-state index contributed by atoms with van der Waals surface area (Å²) in [6, 6.07) is 12.5. The number of carbonyl (C=O) groups is 2. The van der Waals surface area contributed by atoms with Gasteiger partial charge in [0.05, 0.1) is 35.7 Å². The Morgan fingerprint density at radius 1 is 1.23 bits per heavy atom. The number of methoxy groups -OCH3 is 1. The van der Waals surface area contributed by atoms with Crippen molar-refractivity contribution in [2.75, 3.05) is 12.4 Å². The van der Waals surface area contributed by atoms with Crippen LogP contribution in [-0.2, 0) is 9.53 Å². The lowest BCUT2D eigenvalue weighted by molar-refractivity contribution is -0.124. The minimum Gasteiger partial charge on any atom is -0.496 e. The van der Waals surface area contributed by atoms with E-state index in [9.17, 15) is 9.59 Å². The molecule has 2 heterocycles. The molecule has 0 saturated heterocycles. The summed E-state index contributed by atoms with van der Waals surface area (Å²) in [5.41, 5.74) is 3.33. The monoisotopic (exact) mass is 436 g/mol. The second kappa shape index (κ2) is 8.97. The van der Waals surface area contributed by atoms with E-state index in [2.05, 4.69) is 20.3 Å². The number of carbonyl (C=O) groups excluding carboxylic acids is 2. The van der Waals surface area contributed by atoms with E-state index < -0.39 is 18.0 Å². The summed E-state index contributed by atoms with van der Waals surface area (Å²) >= 11 is 1.29. The first-order valence-electron chi connectivity index (χ1n) is 9.63. The van der Waals surface area contributed by atoms with Gasteiger partial charge in [0.25, 0.3) is 5.91 Å². The lowest BCUT2D eigenvalue weighted by Crippen LogP contribution is -2.32. The maximum atomic E-state index is 12.7. The molecular weight excluding hydrogens is 416 g/mol. The third-order valence-corrected chi connectivity index (χ3v) is 5.44. The highest BCUT2D eigenvalue weighted by atomic mass is 32.1. The number of hydrogen-bond acceptors (Lipinski definition) is 7. The Morgan fingerprint density at radius 3 is 2.87 bits per heavy atom. The Balaban J connectivity index is 1.44. The second-order valence-corrected chi connectivity index (χ2v) is 7.52. The average molecular weight is 436 g/mol. The van der Waals surface area contributed by atoms with Crippen molar-refractivity contribution in [1.29, 1.82) is 0 Å². The standard InChI is InChI=1S/C22H20N4O4S/c1-3-18(30-21(28)13-8-9-15-16(10-13)24-12-23-15)20(27)26-22-25-17(11-31-22)14-6-4-5-7-19(14)29-2/h4-12,18H,3H2,1-2H3,(H,23,24)(H,25,26,27). The molecule has 2 aromatic carbocycles. The van der Waals surface area contributed by atoms with Gasteiger partial charge in [0.1, 0.15) is 5.75 Å². The topological polar surface area (TPSA) is 106 Å². The molecule has 4 aromatic rings. The van der Waals surface area contributed by atoms with Crippen LogP contribution in [0.4, 0.5) is 5.13 Å². The summed E-state index contributed by atoms with van der Waals surface area (Å²) in [7, 11) is 1.60. The Hall–Kier alpha value is -3.72. The maximum absolute atomic E-state index is 12.7. The van der Waals surface area contributed by atoms with E-state index in [4.69, 9.17) is 9.47 Å². The van der Waals surface area contributed by atoms with Crippen molar-refractivity contribution in [3.8, 4) is 17.0 Å². The number of imidazole rings is 1. The van der Waals surface area contributed by atoms with Gasteiger partial charge in [-0.3, -0.25) is 10.1 Å². The predicted molar refractivity (Wildman–Crippen MR) is 118 cm³/mol. The first-order valence-corrected chi connectivity index (χ1v) is 10.5. The number of anilines is 1. The van der Waals surface area contributed by atoms with Crippen LogP contribution in [0, 0.1) is 0 Å². The van der Waals surface area contributed by atoms with Crippen LogP contribution < -0.4 is 10.1 Å². The molecule has 0 saturated carbocycles. The molecule has 0 bridgehead atoms. The van der Waals surface area contributed by atoms with E-state index >= 15 is 0 Å². The molecule has 0 aliphatic rings. The number of H-pyrrole nitrogens is 1. The zero-order valence-corrected chi connectivity index (χ0v) is 17.7. The number of ether oxygens (including phenoxy) is 2. The van der Waals surface area contributed by atoms with E-state index in [1.807, 2.05) is 29.6 Å². The van der Waals surface area contributed by atoms with Crippen LogP contribution in [0.15, 0.2) is 54.2 Å². The van der Waals surface area contributed by atoms with Crippen molar-refractivity contribution >= 4 is 39.4 Å². The summed E-state index contributed by atoms with van der Waals surface area (Å²) in [5, 5.41) is 4.99. The summed E-state index contributed by atoms with van der Waals surface area (Å²) in [6.45, 7) is 1.78. The lowest BCUT2D eigenvalue weighted by atomic mass is 10.1. The highest BCUT2D eigenvalue weighted by Gasteiger charge is 2.23. The van der Waals surface area contributed by atoms with Crippen molar-refractivity contribution in [3.05, 3.63) is 59.7 Å². The molecule has 1 atom stereocenters. The van der Waals surface area contributed by atoms with Gasteiger partial charge in [0.15, 0.2) is 11.2 Å². The molecule has 9 heteroatoms. The van der Waals surface area contributed by atoms with Crippen LogP contribution in [0.3, 0.4) is 0 Å². The van der Waals surface area contributed by atoms with Gasteiger partial charge in [-0.05, 0) is 36.8 Å². The number of rotatable bonds is 7. The van der Waals surface area contributed by atoms with E-state index in [0.29, 0.717) is 28.6 Å². The molecule has 0 radical (unpaired) electrons. The number of aromatic nitrogens is 3. The first-order chi connectivity index (χ1) is 15.1. The first kappa shape index (κ1) is 20.5. The Kier molecular flexibility index (Phi) is 5.94.